The van der Waals surface area contributed by atoms with Crippen molar-refractivity contribution in [3.8, 4) is 0 Å². The summed E-state index contributed by atoms with van der Waals surface area (Å²) in [5.74, 6) is 0. The van der Waals surface area contributed by atoms with Crippen LogP contribution in [0.25, 0.3) is 0 Å². The molecule has 0 aliphatic heterocycles. The summed E-state index contributed by atoms with van der Waals surface area (Å²) in [6, 6.07) is 0. The first-order valence-corrected chi connectivity index (χ1v) is 1.77. The quantitative estimate of drug-likeness (QED) is 0.349. The Morgan fingerprint density at radius 3 is 2.14 bits per heavy atom. The molecule has 0 spiro atoms. The van der Waals surface area contributed by atoms with Gasteiger partial charge < -0.3 is 0 Å². The summed E-state index contributed by atoms with van der Waals surface area (Å²) in [5.41, 5.74) is 0. The summed E-state index contributed by atoms with van der Waals surface area (Å²) in [6.45, 7) is -1.17. The fourth-order valence-electron chi connectivity index (χ4n) is 0.0732. The highest BCUT2D eigenvalue weighted by Crippen LogP contribution is 2.17. The minimum absolute atomic E-state index is 1.17. The van der Waals surface area contributed by atoms with Gasteiger partial charge in [0, 0.05) is 0 Å². The molecule has 5 heteroatoms. The van der Waals surface area contributed by atoms with E-state index in [1.165, 1.54) is 0 Å². The molecule has 0 heterocycles. The van der Waals surface area contributed by atoms with Crippen molar-refractivity contribution in [1.82, 2.24) is 0 Å². The normalized spacial score (nSPS) is 12.0. The van der Waals surface area contributed by atoms with E-state index in [0.29, 0.717) is 0 Å². The maximum absolute atomic E-state index is 11.2. The SMILES string of the molecule is OOCC(F)(F)Cl. The third kappa shape index (κ3) is 6.07. The van der Waals surface area contributed by atoms with E-state index >= 15 is 0 Å². The molecule has 0 unspecified atom stereocenters. The Bertz CT molecular complexity index is 52.1. The van der Waals surface area contributed by atoms with E-state index in [9.17, 15) is 8.78 Å². The van der Waals surface area contributed by atoms with Crippen molar-refractivity contribution < 1.29 is 18.9 Å². The van der Waals surface area contributed by atoms with Crippen LogP contribution in [0.4, 0.5) is 8.78 Å². The van der Waals surface area contributed by atoms with Gasteiger partial charge in [0.25, 0.3) is 0 Å². The standard InChI is InChI=1S/C2H3ClF2O2/c3-2(4,5)1-7-6/h6H,1H2. The van der Waals surface area contributed by atoms with Crippen molar-refractivity contribution in [1.29, 1.82) is 0 Å². The van der Waals surface area contributed by atoms with Gasteiger partial charge in [-0.1, -0.05) is 0 Å². The van der Waals surface area contributed by atoms with E-state index in [0.717, 1.165) is 0 Å². The lowest BCUT2D eigenvalue weighted by Gasteiger charge is -2.01. The number of hydrogen-bond acceptors (Lipinski definition) is 2. The second-order valence-electron chi connectivity index (χ2n) is 0.889. The third-order valence-electron chi connectivity index (χ3n) is 0.228. The van der Waals surface area contributed by atoms with Crippen molar-refractivity contribution in [2.45, 2.75) is 5.38 Å². The Morgan fingerprint density at radius 1 is 1.71 bits per heavy atom. The first kappa shape index (κ1) is 7.07. The van der Waals surface area contributed by atoms with E-state index in [4.69, 9.17) is 5.26 Å². The Morgan fingerprint density at radius 2 is 2.14 bits per heavy atom. The van der Waals surface area contributed by atoms with Crippen LogP contribution in [-0.2, 0) is 4.89 Å². The predicted octanol–water partition coefficient (Wildman–Crippen LogP) is 1.31. The molecule has 0 aromatic rings. The molecule has 0 aromatic carbocycles. The summed E-state index contributed by atoms with van der Waals surface area (Å²) in [4.78, 5) is 3.02. The Labute approximate surface area is 43.6 Å². The van der Waals surface area contributed by atoms with Gasteiger partial charge in [0.05, 0.1) is 0 Å². The fourth-order valence-corrected chi connectivity index (χ4v) is 0.122. The van der Waals surface area contributed by atoms with Gasteiger partial charge in [-0.3, -0.25) is 5.26 Å². The molecule has 0 saturated carbocycles. The van der Waals surface area contributed by atoms with Crippen molar-refractivity contribution in [2.75, 3.05) is 6.61 Å². The molecule has 0 aliphatic carbocycles. The summed E-state index contributed by atoms with van der Waals surface area (Å²) >= 11 is 4.21. The van der Waals surface area contributed by atoms with Gasteiger partial charge in [0.1, 0.15) is 0 Å². The van der Waals surface area contributed by atoms with Crippen LogP contribution in [0.5, 0.6) is 0 Å². The van der Waals surface area contributed by atoms with Gasteiger partial charge in [-0.25, -0.2) is 4.89 Å². The highest BCUT2D eigenvalue weighted by atomic mass is 35.5. The Kier molecular flexibility index (Phi) is 2.42. The lowest BCUT2D eigenvalue weighted by atomic mass is 10.8. The second-order valence-corrected chi connectivity index (χ2v) is 1.44. The molecule has 0 amide bonds. The molecule has 7 heavy (non-hydrogen) atoms. The zero-order chi connectivity index (χ0) is 5.91. The zero-order valence-corrected chi connectivity index (χ0v) is 3.95. The third-order valence-corrected chi connectivity index (χ3v) is 0.337. The molecule has 0 bridgehead atoms. The first-order valence-electron chi connectivity index (χ1n) is 1.39. The van der Waals surface area contributed by atoms with Gasteiger partial charge in [0.2, 0.25) is 0 Å². The van der Waals surface area contributed by atoms with Crippen molar-refractivity contribution in [3.05, 3.63) is 0 Å². The zero-order valence-electron chi connectivity index (χ0n) is 3.20. The molecule has 2 nitrogen and oxygen atoms in total. The van der Waals surface area contributed by atoms with Gasteiger partial charge in [-0.2, -0.15) is 8.78 Å². The van der Waals surface area contributed by atoms with Gasteiger partial charge in [0.15, 0.2) is 6.61 Å². The highest BCUT2D eigenvalue weighted by Gasteiger charge is 2.24. The van der Waals surface area contributed by atoms with Crippen LogP contribution in [-0.4, -0.2) is 17.2 Å². The largest absolute Gasteiger partial charge is 0.347 e. The monoisotopic (exact) mass is 132 g/mol. The summed E-state index contributed by atoms with van der Waals surface area (Å²) in [6.07, 6.45) is 0. The average Bonchev–Trinajstić information content (AvgIpc) is 1.30. The molecule has 0 saturated heterocycles. The Balaban J connectivity index is 3.15. The lowest BCUT2D eigenvalue weighted by molar-refractivity contribution is -0.267. The highest BCUT2D eigenvalue weighted by molar-refractivity contribution is 6.21. The van der Waals surface area contributed by atoms with Gasteiger partial charge >= 0.3 is 5.38 Å². The number of rotatable bonds is 2. The molecular formula is C2H3ClF2O2. The maximum atomic E-state index is 11.2. The minimum Gasteiger partial charge on any atom is -0.252 e. The molecule has 0 rings (SSSR count). The molecule has 0 aliphatic rings. The van der Waals surface area contributed by atoms with Crippen LogP contribution >= 0.6 is 11.6 Å². The van der Waals surface area contributed by atoms with Gasteiger partial charge in [-0.15, -0.1) is 0 Å². The Hall–Kier alpha value is 0.0700. The predicted molar refractivity (Wildman–Crippen MR) is 19.4 cm³/mol. The van der Waals surface area contributed by atoms with Crippen LogP contribution in [0.3, 0.4) is 0 Å². The second kappa shape index (κ2) is 2.40. The van der Waals surface area contributed by atoms with Crippen molar-refractivity contribution in [3.63, 3.8) is 0 Å². The maximum Gasteiger partial charge on any atom is 0.347 e. The molecule has 0 atom stereocenters. The molecule has 44 valence electrons. The van der Waals surface area contributed by atoms with E-state index in [1.807, 2.05) is 0 Å². The van der Waals surface area contributed by atoms with E-state index in [2.05, 4.69) is 16.5 Å². The summed E-state index contributed by atoms with van der Waals surface area (Å²) < 4.78 is 22.4. The lowest BCUT2D eigenvalue weighted by Crippen LogP contribution is -2.13. The average molecular weight is 132 g/mol. The summed E-state index contributed by atoms with van der Waals surface area (Å²) in [7, 11) is 0. The summed E-state index contributed by atoms with van der Waals surface area (Å²) in [5, 5.41) is 3.89. The number of halogens is 3. The van der Waals surface area contributed by atoms with Crippen LogP contribution < -0.4 is 0 Å². The van der Waals surface area contributed by atoms with E-state index in [-0.39, 0.29) is 0 Å². The number of alkyl halides is 3. The van der Waals surface area contributed by atoms with Crippen molar-refractivity contribution in [2.24, 2.45) is 0 Å². The number of hydrogen-bond donors (Lipinski definition) is 1. The van der Waals surface area contributed by atoms with Crippen LogP contribution in [0, 0.1) is 0 Å². The molecule has 0 radical (unpaired) electrons. The van der Waals surface area contributed by atoms with E-state index in [1.54, 1.807) is 0 Å². The smallest absolute Gasteiger partial charge is 0.252 e. The fraction of sp³-hybridized carbons (Fsp3) is 1.00. The molecular weight excluding hydrogens is 129 g/mol. The first-order chi connectivity index (χ1) is 3.06. The van der Waals surface area contributed by atoms with Crippen molar-refractivity contribution >= 4 is 11.6 Å². The van der Waals surface area contributed by atoms with Crippen LogP contribution in [0.15, 0.2) is 0 Å². The van der Waals surface area contributed by atoms with Crippen LogP contribution in [0.1, 0.15) is 0 Å². The topological polar surface area (TPSA) is 29.5 Å². The molecule has 0 fully saturated rings. The van der Waals surface area contributed by atoms with E-state index < -0.39 is 12.0 Å². The molecule has 1 N–H and O–H groups in total. The van der Waals surface area contributed by atoms with Gasteiger partial charge in [-0.05, 0) is 11.6 Å². The minimum atomic E-state index is -3.45. The molecule has 0 aromatic heterocycles. The van der Waals surface area contributed by atoms with Crippen LogP contribution in [0.2, 0.25) is 0 Å².